The van der Waals surface area contributed by atoms with Gasteiger partial charge in [-0.05, 0) is 72.5 Å². The van der Waals surface area contributed by atoms with Gasteiger partial charge in [0.1, 0.15) is 0 Å². The van der Waals surface area contributed by atoms with Gasteiger partial charge < -0.3 is 0 Å². The summed E-state index contributed by atoms with van der Waals surface area (Å²) in [5.41, 5.74) is 4.13. The quantitative estimate of drug-likeness (QED) is 0.236. The fourth-order valence-electron chi connectivity index (χ4n) is 6.07. The Morgan fingerprint density at radius 1 is 0.471 bits per heavy atom. The molecule has 0 saturated heterocycles. The van der Waals surface area contributed by atoms with Crippen molar-refractivity contribution in [2.24, 2.45) is 0 Å². The van der Waals surface area contributed by atoms with Crippen LogP contribution in [-0.2, 0) is 0 Å². The van der Waals surface area contributed by atoms with E-state index in [1.165, 1.54) is 59.0 Å². The molecule has 0 amide bonds. The van der Waals surface area contributed by atoms with Gasteiger partial charge in [-0.25, -0.2) is 0 Å². The normalized spacial score (nSPS) is 16.5. The Balaban J connectivity index is 1.68. The summed E-state index contributed by atoms with van der Waals surface area (Å²) in [4.78, 5) is 0. The topological polar surface area (TPSA) is 0 Å². The molecular weight excluding hydrogens is 424 g/mol. The molecule has 0 aromatic heterocycles. The van der Waals surface area contributed by atoms with Crippen LogP contribution in [0.3, 0.4) is 0 Å². The molecule has 0 N–H and O–H groups in total. The summed E-state index contributed by atoms with van der Waals surface area (Å²) >= 11 is 0. The molecule has 0 fully saturated rings. The first-order valence-corrected chi connectivity index (χ1v) is 14.0. The lowest BCUT2D eigenvalue weighted by molar-refractivity contribution is 1.49. The molecule has 0 radical (unpaired) electrons. The first kappa shape index (κ1) is 19.5. The lowest BCUT2D eigenvalue weighted by Crippen LogP contribution is -2.72. The average molecular weight is 449 g/mol. The lowest BCUT2D eigenvalue weighted by Gasteiger charge is -2.31. The molecule has 1 unspecified atom stereocenters. The zero-order valence-corrected chi connectivity index (χ0v) is 20.1. The van der Waals surface area contributed by atoms with Gasteiger partial charge in [-0.15, -0.1) is 0 Å². The zero-order chi connectivity index (χ0) is 22.7. The minimum absolute atomic E-state index is 1.30. The fraction of sp³-hybridized carbons (Fsp3) is 0.0303. The maximum atomic E-state index is 2.44. The maximum Gasteiger partial charge on any atom is 0.180 e. The Morgan fingerprint density at radius 2 is 1.12 bits per heavy atom. The molecule has 6 aromatic carbocycles. The van der Waals surface area contributed by atoms with Crippen LogP contribution < -0.4 is 20.7 Å². The summed E-state index contributed by atoms with van der Waals surface area (Å²) in [6.07, 6.45) is 0. The molecule has 1 atom stereocenters. The number of aryl methyl sites for hydroxylation is 1. The summed E-state index contributed by atoms with van der Waals surface area (Å²) in [7, 11) is -2.43. The highest BCUT2D eigenvalue weighted by Gasteiger charge is 2.48. The van der Waals surface area contributed by atoms with Crippen molar-refractivity contribution in [3.63, 3.8) is 0 Å². The van der Waals surface area contributed by atoms with Crippen molar-refractivity contribution >= 4 is 50.4 Å². The van der Waals surface area contributed by atoms with Crippen molar-refractivity contribution in [1.82, 2.24) is 0 Å². The summed E-state index contributed by atoms with van der Waals surface area (Å²) in [6.45, 7) is 2.18. The molecule has 0 nitrogen and oxygen atoms in total. The van der Waals surface area contributed by atoms with Gasteiger partial charge in [0.05, 0.1) is 0 Å². The van der Waals surface area contributed by atoms with Crippen molar-refractivity contribution in [2.45, 2.75) is 6.92 Å². The van der Waals surface area contributed by atoms with Crippen LogP contribution in [0.25, 0.3) is 32.7 Å². The average Bonchev–Trinajstić information content (AvgIpc) is 3.20. The highest BCUT2D eigenvalue weighted by molar-refractivity contribution is 7.22. The monoisotopic (exact) mass is 448 g/mol. The largest absolute Gasteiger partial charge is 0.180 e. The smallest absolute Gasteiger partial charge is 0.0623 e. The van der Waals surface area contributed by atoms with Crippen LogP contribution in [-0.4, -0.2) is 8.07 Å². The summed E-state index contributed by atoms with van der Waals surface area (Å²) in [5, 5.41) is 11.2. The van der Waals surface area contributed by atoms with Crippen LogP contribution in [0.2, 0.25) is 0 Å². The molecule has 1 heteroatoms. The predicted molar refractivity (Wildman–Crippen MR) is 149 cm³/mol. The first-order chi connectivity index (χ1) is 16.8. The van der Waals surface area contributed by atoms with Gasteiger partial charge in [0, 0.05) is 0 Å². The van der Waals surface area contributed by atoms with E-state index in [0.29, 0.717) is 0 Å². The number of fused-ring (bicyclic) bond motifs is 6. The molecule has 0 aliphatic carbocycles. The second-order valence-electron chi connectivity index (χ2n) is 9.44. The molecule has 1 aliphatic heterocycles. The number of benzene rings is 6. The van der Waals surface area contributed by atoms with Gasteiger partial charge >= 0.3 is 0 Å². The van der Waals surface area contributed by atoms with Crippen LogP contribution in [0.5, 0.6) is 0 Å². The highest BCUT2D eigenvalue weighted by atomic mass is 28.3. The summed E-state index contributed by atoms with van der Waals surface area (Å²) < 4.78 is 0. The standard InChI is InChI=1S/C33H24Si/c1-23-15-18-28(19-16-23)34(27-11-3-2-4-12-27)31-14-8-7-13-29(31)33-30-22-25-10-6-5-9-24(25)21-26(30)17-20-32(33)34/h2-22H,1H3. The second-order valence-corrected chi connectivity index (χ2v) is 13.2. The highest BCUT2D eigenvalue weighted by Crippen LogP contribution is 2.36. The van der Waals surface area contributed by atoms with Crippen molar-refractivity contribution in [3.05, 3.63) is 133 Å². The van der Waals surface area contributed by atoms with E-state index >= 15 is 0 Å². The van der Waals surface area contributed by atoms with Crippen LogP contribution in [0.1, 0.15) is 5.56 Å². The van der Waals surface area contributed by atoms with E-state index in [0.717, 1.165) is 0 Å². The van der Waals surface area contributed by atoms with Crippen molar-refractivity contribution in [1.29, 1.82) is 0 Å². The molecule has 7 rings (SSSR count). The van der Waals surface area contributed by atoms with Crippen LogP contribution in [0.4, 0.5) is 0 Å². The van der Waals surface area contributed by atoms with E-state index in [-0.39, 0.29) is 0 Å². The third-order valence-corrected chi connectivity index (χ3v) is 12.4. The Bertz CT molecular complexity index is 1700. The Morgan fingerprint density at radius 3 is 1.91 bits per heavy atom. The maximum absolute atomic E-state index is 2.44. The van der Waals surface area contributed by atoms with E-state index in [1.54, 1.807) is 0 Å². The van der Waals surface area contributed by atoms with Crippen molar-refractivity contribution in [2.75, 3.05) is 0 Å². The molecule has 1 heterocycles. The van der Waals surface area contributed by atoms with Crippen LogP contribution >= 0.6 is 0 Å². The number of hydrogen-bond acceptors (Lipinski definition) is 0. The van der Waals surface area contributed by atoms with Gasteiger partial charge in [-0.3, -0.25) is 0 Å². The van der Waals surface area contributed by atoms with E-state index in [4.69, 9.17) is 0 Å². The van der Waals surface area contributed by atoms with E-state index in [2.05, 4.69) is 134 Å². The third-order valence-electron chi connectivity index (χ3n) is 7.58. The molecule has 34 heavy (non-hydrogen) atoms. The SMILES string of the molecule is Cc1ccc([Si]2(c3ccccc3)c3ccccc3-c3c2ccc2cc4ccccc4cc32)cc1. The van der Waals surface area contributed by atoms with Gasteiger partial charge in [-0.1, -0.05) is 121 Å². The summed E-state index contributed by atoms with van der Waals surface area (Å²) in [5.74, 6) is 0. The predicted octanol–water partition coefficient (Wildman–Crippen LogP) is 5.66. The third kappa shape index (κ3) is 2.59. The van der Waals surface area contributed by atoms with Crippen molar-refractivity contribution < 1.29 is 0 Å². The Hall–Kier alpha value is -3.94. The molecule has 0 saturated carbocycles. The van der Waals surface area contributed by atoms with Gasteiger partial charge in [-0.2, -0.15) is 0 Å². The van der Waals surface area contributed by atoms with Gasteiger partial charge in [0.15, 0.2) is 8.07 Å². The minimum Gasteiger partial charge on any atom is -0.0623 e. The van der Waals surface area contributed by atoms with Crippen LogP contribution in [0.15, 0.2) is 127 Å². The second kappa shape index (κ2) is 7.28. The van der Waals surface area contributed by atoms with E-state index in [1.807, 2.05) is 0 Å². The first-order valence-electron chi connectivity index (χ1n) is 12.0. The fourth-order valence-corrected chi connectivity index (χ4v) is 11.2. The Labute approximate surface area is 201 Å². The van der Waals surface area contributed by atoms with E-state index in [9.17, 15) is 0 Å². The zero-order valence-electron chi connectivity index (χ0n) is 19.1. The summed E-state index contributed by atoms with van der Waals surface area (Å²) in [6, 6.07) is 48.0. The lowest BCUT2D eigenvalue weighted by atomic mass is 9.96. The molecule has 0 spiro atoms. The Kier molecular flexibility index (Phi) is 4.18. The molecule has 6 aromatic rings. The minimum atomic E-state index is -2.43. The van der Waals surface area contributed by atoms with Gasteiger partial charge in [0.2, 0.25) is 0 Å². The van der Waals surface area contributed by atoms with Crippen molar-refractivity contribution in [3.8, 4) is 11.1 Å². The van der Waals surface area contributed by atoms with Crippen LogP contribution in [0, 0.1) is 6.92 Å². The molecular formula is C33H24Si. The molecule has 0 bridgehead atoms. The molecule has 160 valence electrons. The number of rotatable bonds is 2. The van der Waals surface area contributed by atoms with E-state index < -0.39 is 8.07 Å². The molecule has 1 aliphatic rings. The van der Waals surface area contributed by atoms with Gasteiger partial charge in [0.25, 0.3) is 0 Å². The number of hydrogen-bond donors (Lipinski definition) is 0.